The number of sulfonamides is 1. The molecule has 0 aliphatic rings. The molecule has 1 N–H and O–H groups in total. The molecule has 0 bridgehead atoms. The molecule has 0 atom stereocenters. The second kappa shape index (κ2) is 8.27. The summed E-state index contributed by atoms with van der Waals surface area (Å²) in [5.74, 6) is -0.766. The van der Waals surface area contributed by atoms with E-state index >= 15 is 0 Å². The van der Waals surface area contributed by atoms with E-state index in [1.807, 2.05) is 6.92 Å². The quantitative estimate of drug-likeness (QED) is 0.650. The van der Waals surface area contributed by atoms with Crippen LogP contribution in [0.15, 0.2) is 42.5 Å². The molecule has 3 rings (SSSR count). The molecule has 1 amide bonds. The van der Waals surface area contributed by atoms with Crippen LogP contribution in [0.25, 0.3) is 22.7 Å². The standard InChI is InChI=1S/C21H23FN4O3S/c1-5-7-14-12-17-18(13-19(14)25(6-2)30(4,28)29)24-26(20(17)21(27)23-3)16-10-8-15(22)9-11-16/h5,7-13H,6H2,1-4H3,(H,23,27)/b7-5-. The summed E-state index contributed by atoms with van der Waals surface area (Å²) in [4.78, 5) is 12.7. The molecule has 0 aliphatic heterocycles. The van der Waals surface area contributed by atoms with Crippen molar-refractivity contribution in [1.82, 2.24) is 15.1 Å². The van der Waals surface area contributed by atoms with Crippen molar-refractivity contribution in [3.8, 4) is 5.69 Å². The van der Waals surface area contributed by atoms with E-state index in [-0.39, 0.29) is 18.1 Å². The first-order valence-electron chi connectivity index (χ1n) is 9.36. The SMILES string of the molecule is C/C=C\c1cc2c(C(=O)NC)n(-c3ccc(F)cc3)nc2cc1N(CC)S(C)(=O)=O. The van der Waals surface area contributed by atoms with Crippen LogP contribution in [-0.4, -0.2) is 44.0 Å². The molecule has 2 aromatic carbocycles. The Morgan fingerprint density at radius 1 is 1.27 bits per heavy atom. The van der Waals surface area contributed by atoms with Crippen LogP contribution in [0.1, 0.15) is 29.9 Å². The number of allylic oxidation sites excluding steroid dienone is 1. The zero-order valence-corrected chi connectivity index (χ0v) is 18.0. The van der Waals surface area contributed by atoms with Gasteiger partial charge in [-0.3, -0.25) is 9.10 Å². The molecule has 0 unspecified atom stereocenters. The summed E-state index contributed by atoms with van der Waals surface area (Å²) in [6, 6.07) is 9.02. The van der Waals surface area contributed by atoms with E-state index in [0.717, 1.165) is 6.26 Å². The lowest BCUT2D eigenvalue weighted by atomic mass is 10.1. The van der Waals surface area contributed by atoms with E-state index in [9.17, 15) is 17.6 Å². The highest BCUT2D eigenvalue weighted by Crippen LogP contribution is 2.32. The largest absolute Gasteiger partial charge is 0.354 e. The van der Waals surface area contributed by atoms with Gasteiger partial charge in [0.25, 0.3) is 5.91 Å². The fraction of sp³-hybridized carbons (Fsp3) is 0.238. The van der Waals surface area contributed by atoms with Gasteiger partial charge < -0.3 is 5.32 Å². The van der Waals surface area contributed by atoms with Gasteiger partial charge in [-0.15, -0.1) is 0 Å². The Bertz CT molecular complexity index is 1230. The van der Waals surface area contributed by atoms with Gasteiger partial charge in [0, 0.05) is 19.0 Å². The molecular formula is C21H23FN4O3S. The van der Waals surface area contributed by atoms with E-state index in [2.05, 4.69) is 10.4 Å². The number of amides is 1. The average Bonchev–Trinajstić information content (AvgIpc) is 3.06. The van der Waals surface area contributed by atoms with Crippen LogP contribution < -0.4 is 9.62 Å². The van der Waals surface area contributed by atoms with E-state index in [1.54, 1.807) is 31.2 Å². The van der Waals surface area contributed by atoms with Crippen LogP contribution in [0.4, 0.5) is 10.1 Å². The fourth-order valence-electron chi connectivity index (χ4n) is 3.36. The lowest BCUT2D eigenvalue weighted by molar-refractivity contribution is 0.0957. The Morgan fingerprint density at radius 3 is 2.47 bits per heavy atom. The third kappa shape index (κ3) is 3.93. The van der Waals surface area contributed by atoms with Crippen molar-refractivity contribution in [3.63, 3.8) is 0 Å². The highest BCUT2D eigenvalue weighted by atomic mass is 32.2. The third-order valence-electron chi connectivity index (χ3n) is 4.64. The number of hydrogen-bond acceptors (Lipinski definition) is 4. The van der Waals surface area contributed by atoms with Crippen molar-refractivity contribution in [2.24, 2.45) is 0 Å². The minimum Gasteiger partial charge on any atom is -0.354 e. The van der Waals surface area contributed by atoms with Gasteiger partial charge in [-0.1, -0.05) is 12.2 Å². The number of carbonyl (C=O) groups is 1. The number of aromatic nitrogens is 2. The maximum absolute atomic E-state index is 13.4. The number of rotatable bonds is 6. The number of fused-ring (bicyclic) bond motifs is 1. The molecule has 3 aromatic rings. The summed E-state index contributed by atoms with van der Waals surface area (Å²) < 4.78 is 40.7. The van der Waals surface area contributed by atoms with E-state index in [1.165, 1.54) is 40.3 Å². The van der Waals surface area contributed by atoms with Gasteiger partial charge in [0.1, 0.15) is 11.5 Å². The molecule has 9 heteroatoms. The van der Waals surface area contributed by atoms with Crippen LogP contribution in [0.5, 0.6) is 0 Å². The number of halogens is 1. The summed E-state index contributed by atoms with van der Waals surface area (Å²) >= 11 is 0. The first-order valence-corrected chi connectivity index (χ1v) is 11.2. The van der Waals surface area contributed by atoms with Crippen molar-refractivity contribution < 1.29 is 17.6 Å². The van der Waals surface area contributed by atoms with E-state index in [4.69, 9.17) is 0 Å². The van der Waals surface area contributed by atoms with Crippen LogP contribution in [0.3, 0.4) is 0 Å². The second-order valence-corrected chi connectivity index (χ2v) is 8.58. The smallest absolute Gasteiger partial charge is 0.270 e. The molecule has 158 valence electrons. The van der Waals surface area contributed by atoms with Gasteiger partial charge in [0.2, 0.25) is 10.0 Å². The molecular weight excluding hydrogens is 407 g/mol. The Labute approximate surface area is 174 Å². The average molecular weight is 431 g/mol. The number of benzene rings is 2. The van der Waals surface area contributed by atoms with E-state index < -0.39 is 15.8 Å². The summed E-state index contributed by atoms with van der Waals surface area (Å²) in [7, 11) is -2.00. The van der Waals surface area contributed by atoms with Crippen LogP contribution >= 0.6 is 0 Å². The monoisotopic (exact) mass is 430 g/mol. The second-order valence-electron chi connectivity index (χ2n) is 6.67. The molecule has 7 nitrogen and oxygen atoms in total. The highest BCUT2D eigenvalue weighted by Gasteiger charge is 2.24. The van der Waals surface area contributed by atoms with Crippen molar-refractivity contribution >= 4 is 38.6 Å². The van der Waals surface area contributed by atoms with Gasteiger partial charge in [-0.25, -0.2) is 17.5 Å². The summed E-state index contributed by atoms with van der Waals surface area (Å²) in [6.45, 7) is 3.82. The molecule has 0 fully saturated rings. The topological polar surface area (TPSA) is 84.3 Å². The minimum absolute atomic E-state index is 0.246. The zero-order chi connectivity index (χ0) is 22.1. The van der Waals surface area contributed by atoms with E-state index in [0.29, 0.717) is 27.8 Å². The minimum atomic E-state index is -3.51. The lowest BCUT2D eigenvalue weighted by Gasteiger charge is -2.22. The van der Waals surface area contributed by atoms with Crippen LogP contribution in [0.2, 0.25) is 0 Å². The molecule has 30 heavy (non-hydrogen) atoms. The van der Waals surface area contributed by atoms with Crippen molar-refractivity contribution in [3.05, 3.63) is 59.5 Å². The Balaban J connectivity index is 2.38. The Hall–Kier alpha value is -3.20. The maximum Gasteiger partial charge on any atom is 0.270 e. The molecule has 1 heterocycles. The lowest BCUT2D eigenvalue weighted by Crippen LogP contribution is -2.30. The van der Waals surface area contributed by atoms with Gasteiger partial charge in [-0.05, 0) is 55.8 Å². The molecule has 0 saturated carbocycles. The van der Waals surface area contributed by atoms with Crippen molar-refractivity contribution in [2.75, 3.05) is 24.2 Å². The number of carbonyl (C=O) groups excluding carboxylic acids is 1. The summed E-state index contributed by atoms with van der Waals surface area (Å²) in [6.07, 6.45) is 4.73. The molecule has 0 spiro atoms. The van der Waals surface area contributed by atoms with Crippen LogP contribution in [0, 0.1) is 5.82 Å². The summed E-state index contributed by atoms with van der Waals surface area (Å²) in [5.41, 5.74) is 2.34. The van der Waals surface area contributed by atoms with Crippen LogP contribution in [-0.2, 0) is 10.0 Å². The van der Waals surface area contributed by atoms with Crippen molar-refractivity contribution in [2.45, 2.75) is 13.8 Å². The number of nitrogens with one attached hydrogen (secondary N) is 1. The first kappa shape index (κ1) is 21.5. The normalized spacial score (nSPS) is 11.9. The molecule has 0 radical (unpaired) electrons. The van der Waals surface area contributed by atoms with Crippen molar-refractivity contribution in [1.29, 1.82) is 0 Å². The highest BCUT2D eigenvalue weighted by molar-refractivity contribution is 7.92. The predicted molar refractivity (Wildman–Crippen MR) is 117 cm³/mol. The fourth-order valence-corrected chi connectivity index (χ4v) is 4.34. The first-order chi connectivity index (χ1) is 14.2. The van der Waals surface area contributed by atoms with Gasteiger partial charge in [-0.2, -0.15) is 5.10 Å². The molecule has 0 aliphatic carbocycles. The Morgan fingerprint density at radius 2 is 1.93 bits per heavy atom. The predicted octanol–water partition coefficient (Wildman–Crippen LogP) is 3.34. The number of hydrogen-bond donors (Lipinski definition) is 1. The maximum atomic E-state index is 13.4. The Kier molecular flexibility index (Phi) is 5.93. The van der Waals surface area contributed by atoms with Gasteiger partial charge >= 0.3 is 0 Å². The number of nitrogens with zero attached hydrogens (tertiary/aromatic N) is 3. The van der Waals surface area contributed by atoms with Gasteiger partial charge in [0.15, 0.2) is 0 Å². The van der Waals surface area contributed by atoms with Gasteiger partial charge in [0.05, 0.1) is 23.1 Å². The number of anilines is 1. The third-order valence-corrected chi connectivity index (χ3v) is 5.89. The summed E-state index contributed by atoms with van der Waals surface area (Å²) in [5, 5.41) is 7.69. The zero-order valence-electron chi connectivity index (χ0n) is 17.2. The molecule has 1 aromatic heterocycles. The molecule has 0 saturated heterocycles.